The van der Waals surface area contributed by atoms with Crippen molar-refractivity contribution in [2.24, 2.45) is 0 Å². The van der Waals surface area contributed by atoms with Crippen LogP contribution in [0.3, 0.4) is 0 Å². The summed E-state index contributed by atoms with van der Waals surface area (Å²) in [5.41, 5.74) is 1.80. The molecule has 0 radical (unpaired) electrons. The monoisotopic (exact) mass is 431 g/mol. The van der Waals surface area contributed by atoms with Gasteiger partial charge in [0, 0.05) is 23.5 Å². The Balaban J connectivity index is 1.71. The van der Waals surface area contributed by atoms with Crippen molar-refractivity contribution in [3.05, 3.63) is 53.1 Å². The van der Waals surface area contributed by atoms with Crippen LogP contribution in [0.15, 0.2) is 30.5 Å². The smallest absolute Gasteiger partial charge is 0.266 e. The molecular weight excluding hydrogens is 407 g/mol. The number of aryl methyl sites for hydroxylation is 1. The van der Waals surface area contributed by atoms with Crippen LogP contribution in [-0.2, 0) is 4.74 Å². The molecule has 1 N–H and O–H groups in total. The Kier molecular flexibility index (Phi) is 5.95. The van der Waals surface area contributed by atoms with E-state index in [0.717, 1.165) is 23.7 Å². The second kappa shape index (κ2) is 8.66. The molecule has 3 heterocycles. The average molecular weight is 431 g/mol. The molecule has 2 aromatic heterocycles. The average Bonchev–Trinajstić information content (AvgIpc) is 2.75. The van der Waals surface area contributed by atoms with E-state index in [1.165, 1.54) is 12.1 Å². The predicted octanol–water partition coefficient (Wildman–Crippen LogP) is 4.81. The van der Waals surface area contributed by atoms with Gasteiger partial charge >= 0.3 is 0 Å². The van der Waals surface area contributed by atoms with Crippen molar-refractivity contribution in [3.63, 3.8) is 0 Å². The molecule has 9 heteroatoms. The minimum Gasteiger partial charge on any atom is -0.377 e. The van der Waals surface area contributed by atoms with Crippen LogP contribution < -0.4 is 10.2 Å². The van der Waals surface area contributed by atoms with Gasteiger partial charge < -0.3 is 15.0 Å². The molecule has 0 bridgehead atoms. The molecule has 1 aliphatic heterocycles. The molecule has 0 amide bonds. The number of hydrogen-bond acceptors (Lipinski definition) is 6. The SMILES string of the molecule is Cc1nnc(N[C@H](C)c2cccc(C(F)F)c2F)c2cc(N3CCOCC3C)cnc12. The number of nitrogens with one attached hydrogen (secondary N) is 1. The highest BCUT2D eigenvalue weighted by Crippen LogP contribution is 2.32. The van der Waals surface area contributed by atoms with Crippen molar-refractivity contribution in [1.82, 2.24) is 15.2 Å². The van der Waals surface area contributed by atoms with E-state index in [0.29, 0.717) is 30.2 Å². The van der Waals surface area contributed by atoms with Crippen molar-refractivity contribution < 1.29 is 17.9 Å². The maximum absolute atomic E-state index is 14.6. The first-order chi connectivity index (χ1) is 14.9. The van der Waals surface area contributed by atoms with Crippen LogP contribution in [0.2, 0.25) is 0 Å². The van der Waals surface area contributed by atoms with Gasteiger partial charge in [0.25, 0.3) is 6.43 Å². The van der Waals surface area contributed by atoms with Crippen molar-refractivity contribution in [2.75, 3.05) is 30.0 Å². The molecule has 6 nitrogen and oxygen atoms in total. The van der Waals surface area contributed by atoms with E-state index >= 15 is 0 Å². The molecule has 4 rings (SSSR count). The van der Waals surface area contributed by atoms with Gasteiger partial charge in [0.15, 0.2) is 5.82 Å². The summed E-state index contributed by atoms with van der Waals surface area (Å²) in [6.45, 7) is 7.61. The van der Waals surface area contributed by atoms with Crippen LogP contribution >= 0.6 is 0 Å². The molecule has 3 aromatic rings. The van der Waals surface area contributed by atoms with Crippen LogP contribution in [-0.4, -0.2) is 41.0 Å². The lowest BCUT2D eigenvalue weighted by molar-refractivity contribution is 0.0989. The second-order valence-corrected chi connectivity index (χ2v) is 7.76. The van der Waals surface area contributed by atoms with Gasteiger partial charge in [0.05, 0.1) is 47.9 Å². The molecule has 164 valence electrons. The Morgan fingerprint density at radius 1 is 1.23 bits per heavy atom. The van der Waals surface area contributed by atoms with Crippen LogP contribution in [0.1, 0.15) is 43.1 Å². The van der Waals surface area contributed by atoms with Crippen LogP contribution in [0, 0.1) is 12.7 Å². The number of benzene rings is 1. The summed E-state index contributed by atoms with van der Waals surface area (Å²) in [6, 6.07) is 5.58. The standard InChI is InChI=1S/C22H24F3N5O/c1-12-11-31-8-7-30(12)15-9-18-20(26-10-15)14(3)28-29-22(18)27-13(2)16-5-4-6-17(19(16)23)21(24)25/h4-6,9-10,12-13,21H,7-8,11H2,1-3H3,(H,27,29)/t12?,13-/m1/s1. The molecular formula is C22H24F3N5O. The maximum Gasteiger partial charge on any atom is 0.266 e. The summed E-state index contributed by atoms with van der Waals surface area (Å²) in [5.74, 6) is -0.493. The summed E-state index contributed by atoms with van der Waals surface area (Å²) >= 11 is 0. The topological polar surface area (TPSA) is 63.2 Å². The zero-order valence-corrected chi connectivity index (χ0v) is 17.6. The van der Waals surface area contributed by atoms with Crippen molar-refractivity contribution in [1.29, 1.82) is 0 Å². The molecule has 1 unspecified atom stereocenters. The molecule has 2 atom stereocenters. The van der Waals surface area contributed by atoms with Gasteiger partial charge in [-0.3, -0.25) is 4.98 Å². The molecule has 1 aliphatic rings. The van der Waals surface area contributed by atoms with E-state index in [9.17, 15) is 13.2 Å². The Labute approximate surface area is 178 Å². The molecule has 0 spiro atoms. The Morgan fingerprint density at radius 2 is 2.00 bits per heavy atom. The number of hydrogen-bond donors (Lipinski definition) is 1. The predicted molar refractivity (Wildman–Crippen MR) is 113 cm³/mol. The number of nitrogens with zero attached hydrogens (tertiary/aromatic N) is 4. The highest BCUT2D eigenvalue weighted by Gasteiger charge is 2.23. The summed E-state index contributed by atoms with van der Waals surface area (Å²) in [5, 5.41) is 12.3. The lowest BCUT2D eigenvalue weighted by Crippen LogP contribution is -2.43. The third-order valence-electron chi connectivity index (χ3n) is 5.58. The molecule has 1 aromatic carbocycles. The van der Waals surface area contributed by atoms with Crippen molar-refractivity contribution in [2.45, 2.75) is 39.3 Å². The van der Waals surface area contributed by atoms with Gasteiger partial charge in [-0.25, -0.2) is 13.2 Å². The summed E-state index contributed by atoms with van der Waals surface area (Å²) in [4.78, 5) is 6.80. The number of anilines is 2. The zero-order valence-electron chi connectivity index (χ0n) is 17.6. The number of rotatable bonds is 5. The van der Waals surface area contributed by atoms with Crippen LogP contribution in [0.4, 0.5) is 24.7 Å². The third kappa shape index (κ3) is 4.14. The number of halogens is 3. The maximum atomic E-state index is 14.6. The Morgan fingerprint density at radius 3 is 2.74 bits per heavy atom. The number of aromatic nitrogens is 3. The summed E-state index contributed by atoms with van der Waals surface area (Å²) in [6.07, 6.45) is -1.08. The van der Waals surface area contributed by atoms with Crippen LogP contribution in [0.5, 0.6) is 0 Å². The van der Waals surface area contributed by atoms with Gasteiger partial charge in [-0.05, 0) is 26.8 Å². The van der Waals surface area contributed by atoms with Gasteiger partial charge in [0.1, 0.15) is 5.82 Å². The van der Waals surface area contributed by atoms with Gasteiger partial charge in [-0.2, -0.15) is 5.10 Å². The lowest BCUT2D eigenvalue weighted by Gasteiger charge is -2.35. The Hall–Kier alpha value is -2.94. The molecule has 1 fully saturated rings. The fraction of sp³-hybridized carbons (Fsp3) is 0.409. The zero-order chi connectivity index (χ0) is 22.1. The highest BCUT2D eigenvalue weighted by molar-refractivity contribution is 5.92. The fourth-order valence-corrected chi connectivity index (χ4v) is 3.88. The number of ether oxygens (including phenoxy) is 1. The quantitative estimate of drug-likeness (QED) is 0.626. The fourth-order valence-electron chi connectivity index (χ4n) is 3.88. The normalized spacial score (nSPS) is 17.9. The summed E-state index contributed by atoms with van der Waals surface area (Å²) < 4.78 is 46.3. The second-order valence-electron chi connectivity index (χ2n) is 7.76. The van der Waals surface area contributed by atoms with Crippen molar-refractivity contribution >= 4 is 22.4 Å². The van der Waals surface area contributed by atoms with E-state index in [-0.39, 0.29) is 11.6 Å². The summed E-state index contributed by atoms with van der Waals surface area (Å²) in [7, 11) is 0. The number of alkyl halides is 2. The molecule has 0 aliphatic carbocycles. The highest BCUT2D eigenvalue weighted by atomic mass is 19.3. The number of fused-ring (bicyclic) bond motifs is 1. The third-order valence-corrected chi connectivity index (χ3v) is 5.58. The minimum atomic E-state index is -2.88. The van der Waals surface area contributed by atoms with Gasteiger partial charge in [0.2, 0.25) is 0 Å². The number of pyridine rings is 1. The first-order valence-corrected chi connectivity index (χ1v) is 10.2. The molecule has 1 saturated heterocycles. The van der Waals surface area contributed by atoms with E-state index in [4.69, 9.17) is 4.74 Å². The first-order valence-electron chi connectivity index (χ1n) is 10.2. The Bertz CT molecular complexity index is 1090. The lowest BCUT2D eigenvalue weighted by atomic mass is 10.0. The number of morpholine rings is 1. The van der Waals surface area contributed by atoms with E-state index in [2.05, 4.69) is 32.3 Å². The van der Waals surface area contributed by atoms with E-state index in [1.54, 1.807) is 13.1 Å². The van der Waals surface area contributed by atoms with Gasteiger partial charge in [-0.15, -0.1) is 5.10 Å². The molecule has 31 heavy (non-hydrogen) atoms. The molecule has 0 saturated carbocycles. The van der Waals surface area contributed by atoms with E-state index in [1.807, 2.05) is 13.0 Å². The van der Waals surface area contributed by atoms with E-state index < -0.39 is 23.8 Å². The minimum absolute atomic E-state index is 0.138. The largest absolute Gasteiger partial charge is 0.377 e. The first kappa shape index (κ1) is 21.3. The van der Waals surface area contributed by atoms with Crippen molar-refractivity contribution in [3.8, 4) is 0 Å². The van der Waals surface area contributed by atoms with Gasteiger partial charge in [-0.1, -0.05) is 18.2 Å². The van der Waals surface area contributed by atoms with Crippen LogP contribution in [0.25, 0.3) is 10.9 Å².